The monoisotopic (exact) mass is 352 g/mol. The summed E-state index contributed by atoms with van der Waals surface area (Å²) < 4.78 is 0. The lowest BCUT2D eigenvalue weighted by Gasteiger charge is -2.17. The first-order chi connectivity index (χ1) is 11.3. The largest absolute Gasteiger partial charge is 0.508 e. The van der Waals surface area contributed by atoms with Gasteiger partial charge in [-0.1, -0.05) is 45.6 Å². The molecule has 0 unspecified atom stereocenters. The van der Waals surface area contributed by atoms with E-state index in [0.29, 0.717) is 5.75 Å². The lowest BCUT2D eigenvalue weighted by atomic mass is 9.90. The van der Waals surface area contributed by atoms with Crippen LogP contribution in [0.2, 0.25) is 0 Å². The lowest BCUT2D eigenvalue weighted by molar-refractivity contribution is 0.465. The molecule has 1 aromatic carbocycles. The van der Waals surface area contributed by atoms with Crippen molar-refractivity contribution in [1.29, 1.82) is 0 Å². The number of phenolic OH excluding ortho intramolecular Hbond substituents is 1. The number of phenols is 1. The second-order valence-corrected chi connectivity index (χ2v) is 6.55. The van der Waals surface area contributed by atoms with Crippen molar-refractivity contribution in [3.8, 4) is 5.75 Å². The first-order valence-electron chi connectivity index (χ1n) is 9.36. The van der Waals surface area contributed by atoms with E-state index < -0.39 is 0 Å². The van der Waals surface area contributed by atoms with Crippen LogP contribution in [0, 0.1) is 0 Å². The van der Waals surface area contributed by atoms with Gasteiger partial charge in [0.15, 0.2) is 0 Å². The third-order valence-corrected chi connectivity index (χ3v) is 4.67. The molecule has 0 atom stereocenters. The molecule has 1 aromatic rings. The number of aliphatic imine (C=N–C) groups is 1. The van der Waals surface area contributed by atoms with Crippen LogP contribution in [0.3, 0.4) is 0 Å². The summed E-state index contributed by atoms with van der Waals surface area (Å²) in [6.45, 7) is 6.29. The van der Waals surface area contributed by atoms with E-state index in [-0.39, 0.29) is 12.4 Å². The standard InChI is InChI=1S/C20H32N2O.ClH/c1-3-5-7-9-16-11-12-19(23)17(10-8-6-4-2)18(16)15-20-21-13-14-22-20;/h11-12,23H,3-10,13-15H2,1-2H3,(H,21,22);1H. The van der Waals surface area contributed by atoms with E-state index in [1.165, 1.54) is 43.2 Å². The van der Waals surface area contributed by atoms with Crippen molar-refractivity contribution in [3.05, 3.63) is 28.8 Å². The molecule has 0 saturated carbocycles. The zero-order valence-corrected chi connectivity index (χ0v) is 16.1. The van der Waals surface area contributed by atoms with E-state index >= 15 is 0 Å². The van der Waals surface area contributed by atoms with Crippen LogP contribution >= 0.6 is 12.4 Å². The number of aromatic hydroxyl groups is 1. The molecule has 0 bridgehead atoms. The molecule has 0 aliphatic carbocycles. The maximum Gasteiger partial charge on any atom is 0.119 e. The Hall–Kier alpha value is -1.22. The molecule has 4 heteroatoms. The van der Waals surface area contributed by atoms with Gasteiger partial charge in [0.05, 0.1) is 6.54 Å². The van der Waals surface area contributed by atoms with Crippen molar-refractivity contribution >= 4 is 18.2 Å². The highest BCUT2D eigenvalue weighted by Crippen LogP contribution is 2.29. The average Bonchev–Trinajstić information content (AvgIpc) is 3.05. The molecule has 2 N–H and O–H groups in total. The number of nitrogens with zero attached hydrogens (tertiary/aromatic N) is 1. The molecule has 0 fully saturated rings. The molecule has 1 aliphatic heterocycles. The molecule has 0 radical (unpaired) electrons. The van der Waals surface area contributed by atoms with Gasteiger partial charge in [0, 0.05) is 13.0 Å². The highest BCUT2D eigenvalue weighted by Gasteiger charge is 2.16. The van der Waals surface area contributed by atoms with Crippen molar-refractivity contribution in [2.45, 2.75) is 71.6 Å². The second-order valence-electron chi connectivity index (χ2n) is 6.55. The van der Waals surface area contributed by atoms with Crippen molar-refractivity contribution < 1.29 is 5.11 Å². The summed E-state index contributed by atoms with van der Waals surface area (Å²) in [6.07, 6.45) is 10.2. The predicted octanol–water partition coefficient (Wildman–Crippen LogP) is 4.82. The Morgan fingerprint density at radius 3 is 2.33 bits per heavy atom. The molecular formula is C20H33ClN2O. The van der Waals surface area contributed by atoms with Crippen LogP contribution in [0.1, 0.15) is 69.1 Å². The van der Waals surface area contributed by atoms with Gasteiger partial charge in [-0.25, -0.2) is 0 Å². The molecule has 0 saturated heterocycles. The number of hydrogen-bond donors (Lipinski definition) is 2. The van der Waals surface area contributed by atoms with Gasteiger partial charge in [-0.05, 0) is 48.4 Å². The van der Waals surface area contributed by atoms with Crippen molar-refractivity contribution in [3.63, 3.8) is 0 Å². The van der Waals surface area contributed by atoms with Gasteiger partial charge in [-0.3, -0.25) is 4.99 Å². The smallest absolute Gasteiger partial charge is 0.119 e. The van der Waals surface area contributed by atoms with Crippen LogP contribution in [0.25, 0.3) is 0 Å². The summed E-state index contributed by atoms with van der Waals surface area (Å²) in [5.74, 6) is 1.55. The van der Waals surface area contributed by atoms with Crippen LogP contribution in [-0.4, -0.2) is 24.0 Å². The SMILES string of the molecule is CCCCCc1ccc(O)c(CCCCC)c1CC1=NCCN1.Cl. The molecule has 0 spiro atoms. The predicted molar refractivity (Wildman–Crippen MR) is 106 cm³/mol. The van der Waals surface area contributed by atoms with E-state index in [1.807, 2.05) is 6.07 Å². The zero-order valence-electron chi connectivity index (χ0n) is 15.2. The van der Waals surface area contributed by atoms with E-state index in [1.54, 1.807) is 0 Å². The minimum absolute atomic E-state index is 0. The highest BCUT2D eigenvalue weighted by atomic mass is 35.5. The summed E-state index contributed by atoms with van der Waals surface area (Å²) in [4.78, 5) is 4.56. The molecule has 0 aromatic heterocycles. The lowest BCUT2D eigenvalue weighted by Crippen LogP contribution is -2.22. The van der Waals surface area contributed by atoms with Crippen LogP contribution in [0.4, 0.5) is 0 Å². The topological polar surface area (TPSA) is 44.6 Å². The maximum atomic E-state index is 10.4. The molecule has 2 rings (SSSR count). The number of aryl methyl sites for hydroxylation is 1. The van der Waals surface area contributed by atoms with Gasteiger partial charge < -0.3 is 10.4 Å². The molecule has 0 amide bonds. The number of rotatable bonds is 10. The molecule has 24 heavy (non-hydrogen) atoms. The maximum absolute atomic E-state index is 10.4. The zero-order chi connectivity index (χ0) is 16.5. The Morgan fingerprint density at radius 1 is 1.00 bits per heavy atom. The van der Waals surface area contributed by atoms with Gasteiger partial charge >= 0.3 is 0 Å². The van der Waals surface area contributed by atoms with Crippen LogP contribution in [-0.2, 0) is 19.3 Å². The third-order valence-electron chi connectivity index (χ3n) is 4.67. The van der Waals surface area contributed by atoms with E-state index in [0.717, 1.165) is 50.2 Å². The average molecular weight is 353 g/mol. The molecule has 3 nitrogen and oxygen atoms in total. The van der Waals surface area contributed by atoms with E-state index in [2.05, 4.69) is 30.2 Å². The van der Waals surface area contributed by atoms with Gasteiger partial charge in [-0.2, -0.15) is 0 Å². The molecule has 136 valence electrons. The van der Waals surface area contributed by atoms with Gasteiger partial charge in [0.1, 0.15) is 11.6 Å². The minimum Gasteiger partial charge on any atom is -0.508 e. The Bertz CT molecular complexity index is 529. The number of halogens is 1. The fourth-order valence-electron chi connectivity index (χ4n) is 3.31. The van der Waals surface area contributed by atoms with Crippen molar-refractivity contribution in [1.82, 2.24) is 5.32 Å². The summed E-state index contributed by atoms with van der Waals surface area (Å²) in [7, 11) is 0. The summed E-state index contributed by atoms with van der Waals surface area (Å²) in [5, 5.41) is 13.8. The van der Waals surface area contributed by atoms with Crippen molar-refractivity contribution in [2.24, 2.45) is 4.99 Å². The summed E-state index contributed by atoms with van der Waals surface area (Å²) in [6, 6.07) is 4.02. The first kappa shape index (κ1) is 20.8. The van der Waals surface area contributed by atoms with Crippen LogP contribution < -0.4 is 5.32 Å². The quantitative estimate of drug-likeness (QED) is 0.593. The van der Waals surface area contributed by atoms with Gasteiger partial charge in [-0.15, -0.1) is 12.4 Å². The van der Waals surface area contributed by atoms with Crippen LogP contribution in [0.15, 0.2) is 17.1 Å². The van der Waals surface area contributed by atoms with E-state index in [4.69, 9.17) is 0 Å². The Morgan fingerprint density at radius 2 is 1.71 bits per heavy atom. The number of amidine groups is 1. The Labute approximate surface area is 153 Å². The normalized spacial score (nSPS) is 13.3. The fourth-order valence-corrected chi connectivity index (χ4v) is 3.31. The molecular weight excluding hydrogens is 320 g/mol. The summed E-state index contributed by atoms with van der Waals surface area (Å²) in [5.41, 5.74) is 3.88. The Balaban J connectivity index is 0.00000288. The van der Waals surface area contributed by atoms with Crippen LogP contribution in [0.5, 0.6) is 5.75 Å². The van der Waals surface area contributed by atoms with Crippen molar-refractivity contribution in [2.75, 3.05) is 13.1 Å². The van der Waals surface area contributed by atoms with Gasteiger partial charge in [0.25, 0.3) is 0 Å². The molecule has 1 heterocycles. The fraction of sp³-hybridized carbons (Fsp3) is 0.650. The number of benzene rings is 1. The minimum atomic E-state index is 0. The third kappa shape index (κ3) is 6.01. The van der Waals surface area contributed by atoms with E-state index in [9.17, 15) is 5.11 Å². The number of nitrogens with one attached hydrogen (secondary N) is 1. The first-order valence-corrected chi connectivity index (χ1v) is 9.36. The summed E-state index contributed by atoms with van der Waals surface area (Å²) >= 11 is 0. The highest BCUT2D eigenvalue weighted by molar-refractivity contribution is 5.86. The number of hydrogen-bond acceptors (Lipinski definition) is 3. The Kier molecular flexibility index (Phi) is 9.85. The van der Waals surface area contributed by atoms with Gasteiger partial charge in [0.2, 0.25) is 0 Å². The molecule has 1 aliphatic rings. The number of unbranched alkanes of at least 4 members (excludes halogenated alkanes) is 4. The second kappa shape index (κ2) is 11.4.